The summed E-state index contributed by atoms with van der Waals surface area (Å²) >= 11 is 2.24. The molecule has 1 spiro atoms. The second-order valence-electron chi connectivity index (χ2n) is 4.32. The van der Waals surface area contributed by atoms with Crippen LogP contribution in [0.3, 0.4) is 0 Å². The highest BCUT2D eigenvalue weighted by atomic mass is 32.2. The molecule has 2 aliphatic rings. The van der Waals surface area contributed by atoms with Crippen LogP contribution in [0.1, 0.15) is 38.5 Å². The van der Waals surface area contributed by atoms with Gasteiger partial charge in [0.25, 0.3) is 0 Å². The molecule has 1 saturated heterocycles. The summed E-state index contributed by atoms with van der Waals surface area (Å²) in [5.74, 6) is 2.35. The van der Waals surface area contributed by atoms with E-state index in [0.29, 0.717) is 0 Å². The quantitative estimate of drug-likeness (QED) is 0.715. The molecule has 0 aromatic carbocycles. The highest BCUT2D eigenvalue weighted by Crippen LogP contribution is 2.52. The van der Waals surface area contributed by atoms with E-state index in [1.54, 1.807) is 0 Å². The van der Waals surface area contributed by atoms with E-state index in [4.69, 9.17) is 5.73 Å². The van der Waals surface area contributed by atoms with Crippen molar-refractivity contribution in [2.24, 2.45) is 11.7 Å². The van der Waals surface area contributed by atoms with Crippen molar-refractivity contribution < 1.29 is 0 Å². The molecular formula is C10H19NS. The SMILES string of the molecule is NCCC1CCSC2(CCC2)C1. The summed E-state index contributed by atoms with van der Waals surface area (Å²) in [6.45, 7) is 0.894. The third kappa shape index (κ3) is 1.64. The minimum absolute atomic E-state index is 0.734. The largest absolute Gasteiger partial charge is 0.330 e. The van der Waals surface area contributed by atoms with Gasteiger partial charge in [0, 0.05) is 4.75 Å². The molecule has 0 aromatic rings. The zero-order chi connectivity index (χ0) is 8.44. The molecule has 2 heteroatoms. The topological polar surface area (TPSA) is 26.0 Å². The monoisotopic (exact) mass is 185 g/mol. The van der Waals surface area contributed by atoms with Crippen molar-refractivity contribution in [2.45, 2.75) is 43.3 Å². The van der Waals surface area contributed by atoms with Crippen LogP contribution in [0.5, 0.6) is 0 Å². The Morgan fingerprint density at radius 1 is 1.42 bits per heavy atom. The normalized spacial score (nSPS) is 33.2. The Bertz CT molecular complexity index is 152. The van der Waals surface area contributed by atoms with E-state index in [0.717, 1.165) is 17.2 Å². The summed E-state index contributed by atoms with van der Waals surface area (Å²) < 4.78 is 0.734. The molecule has 0 radical (unpaired) electrons. The summed E-state index contributed by atoms with van der Waals surface area (Å²) in [4.78, 5) is 0. The Kier molecular flexibility index (Phi) is 2.66. The zero-order valence-corrected chi connectivity index (χ0v) is 8.54. The van der Waals surface area contributed by atoms with Crippen LogP contribution in [0.15, 0.2) is 0 Å². The standard InChI is InChI=1S/C10H19NS/c11-6-2-9-3-7-12-10(8-9)4-1-5-10/h9H,1-8,11H2. The third-order valence-electron chi connectivity index (χ3n) is 3.43. The van der Waals surface area contributed by atoms with Crippen LogP contribution in [0.25, 0.3) is 0 Å². The molecule has 1 atom stereocenters. The van der Waals surface area contributed by atoms with E-state index in [1.165, 1.54) is 44.3 Å². The Balaban J connectivity index is 1.85. The van der Waals surface area contributed by atoms with Gasteiger partial charge in [-0.15, -0.1) is 0 Å². The first kappa shape index (κ1) is 8.89. The van der Waals surface area contributed by atoms with Crippen LogP contribution in [0, 0.1) is 5.92 Å². The van der Waals surface area contributed by atoms with Crippen LogP contribution >= 0.6 is 11.8 Å². The van der Waals surface area contributed by atoms with Gasteiger partial charge in [0.1, 0.15) is 0 Å². The summed E-state index contributed by atoms with van der Waals surface area (Å²) in [5.41, 5.74) is 5.60. The fourth-order valence-corrected chi connectivity index (χ4v) is 4.35. The highest BCUT2D eigenvalue weighted by molar-refractivity contribution is 8.00. The second kappa shape index (κ2) is 3.59. The summed E-state index contributed by atoms with van der Waals surface area (Å²) in [6, 6.07) is 0. The van der Waals surface area contributed by atoms with Gasteiger partial charge in [-0.3, -0.25) is 0 Å². The Morgan fingerprint density at radius 3 is 2.83 bits per heavy atom. The predicted octanol–water partition coefficient (Wildman–Crippen LogP) is 2.40. The fraction of sp³-hybridized carbons (Fsp3) is 1.00. The first-order chi connectivity index (χ1) is 5.85. The molecule has 1 nitrogen and oxygen atoms in total. The Hall–Kier alpha value is 0.310. The number of hydrogen-bond donors (Lipinski definition) is 1. The fourth-order valence-electron chi connectivity index (χ4n) is 2.53. The van der Waals surface area contributed by atoms with Gasteiger partial charge in [0.05, 0.1) is 0 Å². The molecule has 1 saturated carbocycles. The van der Waals surface area contributed by atoms with Gasteiger partial charge in [0.15, 0.2) is 0 Å². The maximum Gasteiger partial charge on any atom is 0.0162 e. The van der Waals surface area contributed by atoms with E-state index in [1.807, 2.05) is 0 Å². The third-order valence-corrected chi connectivity index (χ3v) is 5.06. The minimum Gasteiger partial charge on any atom is -0.330 e. The van der Waals surface area contributed by atoms with Crippen LogP contribution in [-0.2, 0) is 0 Å². The number of nitrogens with two attached hydrogens (primary N) is 1. The molecule has 70 valence electrons. The van der Waals surface area contributed by atoms with Crippen molar-refractivity contribution >= 4 is 11.8 Å². The van der Waals surface area contributed by atoms with Crippen molar-refractivity contribution in [1.82, 2.24) is 0 Å². The molecule has 2 rings (SSSR count). The molecule has 2 fully saturated rings. The summed E-state index contributed by atoms with van der Waals surface area (Å²) in [6.07, 6.45) is 8.60. The van der Waals surface area contributed by atoms with Crippen LogP contribution < -0.4 is 5.73 Å². The molecule has 1 aliphatic carbocycles. The smallest absolute Gasteiger partial charge is 0.0162 e. The van der Waals surface area contributed by atoms with Crippen molar-refractivity contribution in [1.29, 1.82) is 0 Å². The molecular weight excluding hydrogens is 166 g/mol. The van der Waals surface area contributed by atoms with Gasteiger partial charge in [-0.25, -0.2) is 0 Å². The van der Waals surface area contributed by atoms with Crippen molar-refractivity contribution in [3.8, 4) is 0 Å². The zero-order valence-electron chi connectivity index (χ0n) is 7.72. The molecule has 0 aromatic heterocycles. The predicted molar refractivity (Wildman–Crippen MR) is 55.4 cm³/mol. The Morgan fingerprint density at radius 2 is 2.25 bits per heavy atom. The molecule has 1 aliphatic heterocycles. The minimum atomic E-state index is 0.734. The van der Waals surface area contributed by atoms with Crippen LogP contribution in [0.4, 0.5) is 0 Å². The van der Waals surface area contributed by atoms with Gasteiger partial charge >= 0.3 is 0 Å². The Labute approximate surface area is 79.5 Å². The lowest BCUT2D eigenvalue weighted by Gasteiger charge is -2.47. The lowest BCUT2D eigenvalue weighted by Crippen LogP contribution is -2.39. The molecule has 12 heavy (non-hydrogen) atoms. The van der Waals surface area contributed by atoms with Gasteiger partial charge < -0.3 is 5.73 Å². The van der Waals surface area contributed by atoms with Crippen molar-refractivity contribution in [3.05, 3.63) is 0 Å². The van der Waals surface area contributed by atoms with E-state index in [2.05, 4.69) is 11.8 Å². The van der Waals surface area contributed by atoms with E-state index >= 15 is 0 Å². The average molecular weight is 185 g/mol. The number of hydrogen-bond acceptors (Lipinski definition) is 2. The maximum atomic E-state index is 5.60. The summed E-state index contributed by atoms with van der Waals surface area (Å²) in [7, 11) is 0. The number of rotatable bonds is 2. The molecule has 1 heterocycles. The lowest BCUT2D eigenvalue weighted by atomic mass is 9.76. The lowest BCUT2D eigenvalue weighted by molar-refractivity contribution is 0.266. The van der Waals surface area contributed by atoms with E-state index in [-0.39, 0.29) is 0 Å². The second-order valence-corrected chi connectivity index (χ2v) is 5.88. The number of thioether (sulfide) groups is 1. The first-order valence-corrected chi connectivity index (χ1v) is 6.17. The van der Waals surface area contributed by atoms with Gasteiger partial charge in [-0.1, -0.05) is 6.42 Å². The molecule has 0 bridgehead atoms. The summed E-state index contributed by atoms with van der Waals surface area (Å²) in [5, 5.41) is 0. The van der Waals surface area contributed by atoms with E-state index < -0.39 is 0 Å². The van der Waals surface area contributed by atoms with Gasteiger partial charge in [-0.05, 0) is 50.3 Å². The van der Waals surface area contributed by atoms with Crippen molar-refractivity contribution in [3.63, 3.8) is 0 Å². The molecule has 2 N–H and O–H groups in total. The highest BCUT2D eigenvalue weighted by Gasteiger charge is 2.41. The molecule has 1 unspecified atom stereocenters. The van der Waals surface area contributed by atoms with Crippen LogP contribution in [0.2, 0.25) is 0 Å². The van der Waals surface area contributed by atoms with Gasteiger partial charge in [-0.2, -0.15) is 11.8 Å². The average Bonchev–Trinajstić information content (AvgIpc) is 2.03. The van der Waals surface area contributed by atoms with Crippen molar-refractivity contribution in [2.75, 3.05) is 12.3 Å². The maximum absolute atomic E-state index is 5.60. The van der Waals surface area contributed by atoms with Gasteiger partial charge in [0.2, 0.25) is 0 Å². The first-order valence-electron chi connectivity index (χ1n) is 5.19. The van der Waals surface area contributed by atoms with Crippen LogP contribution in [-0.4, -0.2) is 17.0 Å². The van der Waals surface area contributed by atoms with E-state index in [9.17, 15) is 0 Å². The molecule has 0 amide bonds.